The first kappa shape index (κ1) is 14.8. The minimum Gasteiger partial charge on any atom is -0.463 e. The molecule has 0 aromatic carbocycles. The van der Waals surface area contributed by atoms with Crippen LogP contribution in [0.5, 0.6) is 6.01 Å². The van der Waals surface area contributed by atoms with Gasteiger partial charge in [-0.3, -0.25) is 0 Å². The molecule has 1 aromatic rings. The Labute approximate surface area is 120 Å². The molecule has 20 heavy (non-hydrogen) atoms. The number of nitrogens with one attached hydrogen (secondary N) is 2. The van der Waals surface area contributed by atoms with Crippen molar-refractivity contribution in [2.24, 2.45) is 5.92 Å². The molecule has 2 N–H and O–H groups in total. The largest absolute Gasteiger partial charge is 0.463 e. The molecule has 1 unspecified atom stereocenters. The molecule has 112 valence electrons. The number of nitrogens with zero attached hydrogens (tertiary/aromatic N) is 4. The van der Waals surface area contributed by atoms with E-state index in [1.54, 1.807) is 7.05 Å². The van der Waals surface area contributed by atoms with E-state index >= 15 is 0 Å². The number of ether oxygens (including phenoxy) is 1. The summed E-state index contributed by atoms with van der Waals surface area (Å²) in [7, 11) is 3.94. The fourth-order valence-corrected chi connectivity index (χ4v) is 2.23. The third-order valence-corrected chi connectivity index (χ3v) is 3.31. The van der Waals surface area contributed by atoms with Crippen molar-refractivity contribution in [1.29, 1.82) is 0 Å². The van der Waals surface area contributed by atoms with Crippen LogP contribution in [0.3, 0.4) is 0 Å². The molecule has 0 amide bonds. The summed E-state index contributed by atoms with van der Waals surface area (Å²) >= 11 is 0. The Morgan fingerprint density at radius 2 is 2.10 bits per heavy atom. The number of hydrogen-bond donors (Lipinski definition) is 2. The Balaban J connectivity index is 1.95. The average molecular weight is 280 g/mol. The lowest BCUT2D eigenvalue weighted by Gasteiger charge is -2.12. The Morgan fingerprint density at radius 1 is 1.30 bits per heavy atom. The van der Waals surface area contributed by atoms with Gasteiger partial charge in [0, 0.05) is 20.1 Å². The zero-order valence-corrected chi connectivity index (χ0v) is 12.5. The molecule has 7 heteroatoms. The molecule has 0 spiro atoms. The van der Waals surface area contributed by atoms with E-state index in [0.717, 1.165) is 26.1 Å². The second-order valence-electron chi connectivity index (χ2n) is 5.16. The highest BCUT2D eigenvalue weighted by molar-refractivity contribution is 5.35. The number of anilines is 2. The molecule has 7 nitrogen and oxygen atoms in total. The van der Waals surface area contributed by atoms with Crippen molar-refractivity contribution in [3.05, 3.63) is 0 Å². The molecular formula is C13H24N6O. The van der Waals surface area contributed by atoms with Gasteiger partial charge < -0.3 is 20.3 Å². The standard InChI is InChI=1S/C13H24N6O/c1-4-7-20-13-17-11(14-2)16-12(18-13)15-8-10-5-6-19(3)9-10/h10H,4-9H2,1-3H3,(H2,14,15,16,17,18). The van der Waals surface area contributed by atoms with E-state index in [1.807, 2.05) is 0 Å². The van der Waals surface area contributed by atoms with E-state index in [1.165, 1.54) is 6.42 Å². The summed E-state index contributed by atoms with van der Waals surface area (Å²) in [4.78, 5) is 15.1. The molecule has 1 aromatic heterocycles. The molecule has 1 aliphatic rings. The van der Waals surface area contributed by atoms with Crippen LogP contribution in [0.1, 0.15) is 19.8 Å². The van der Waals surface area contributed by atoms with Gasteiger partial charge in [-0.1, -0.05) is 6.92 Å². The molecular weight excluding hydrogens is 256 g/mol. The van der Waals surface area contributed by atoms with E-state index in [-0.39, 0.29) is 0 Å². The maximum Gasteiger partial charge on any atom is 0.323 e. The van der Waals surface area contributed by atoms with Crippen LogP contribution in [-0.4, -0.2) is 60.2 Å². The smallest absolute Gasteiger partial charge is 0.323 e. The van der Waals surface area contributed by atoms with Crippen LogP contribution in [-0.2, 0) is 0 Å². The predicted molar refractivity (Wildman–Crippen MR) is 79.3 cm³/mol. The highest BCUT2D eigenvalue weighted by Crippen LogP contribution is 2.16. The van der Waals surface area contributed by atoms with Crippen LogP contribution in [0.2, 0.25) is 0 Å². The maximum absolute atomic E-state index is 5.48. The van der Waals surface area contributed by atoms with Gasteiger partial charge in [0.1, 0.15) is 0 Å². The second-order valence-corrected chi connectivity index (χ2v) is 5.16. The first-order valence-corrected chi connectivity index (χ1v) is 7.20. The molecule has 1 fully saturated rings. The summed E-state index contributed by atoms with van der Waals surface area (Å²) in [5, 5.41) is 6.22. The van der Waals surface area contributed by atoms with Gasteiger partial charge in [-0.25, -0.2) is 0 Å². The Kier molecular flexibility index (Phi) is 5.34. The first-order chi connectivity index (χ1) is 9.71. The Morgan fingerprint density at radius 3 is 2.75 bits per heavy atom. The normalized spacial score (nSPS) is 19.1. The molecule has 0 radical (unpaired) electrons. The molecule has 1 saturated heterocycles. The third-order valence-electron chi connectivity index (χ3n) is 3.31. The van der Waals surface area contributed by atoms with E-state index in [0.29, 0.717) is 30.4 Å². The molecule has 1 aliphatic heterocycles. The van der Waals surface area contributed by atoms with Crippen molar-refractivity contribution < 1.29 is 4.74 Å². The lowest BCUT2D eigenvalue weighted by Crippen LogP contribution is -2.20. The highest BCUT2D eigenvalue weighted by atomic mass is 16.5. The summed E-state index contributed by atoms with van der Waals surface area (Å²) in [5.74, 6) is 1.75. The quantitative estimate of drug-likeness (QED) is 0.773. The minimum atomic E-state index is 0.372. The molecule has 2 heterocycles. The van der Waals surface area contributed by atoms with Crippen molar-refractivity contribution >= 4 is 11.9 Å². The fraction of sp³-hybridized carbons (Fsp3) is 0.769. The van der Waals surface area contributed by atoms with Crippen LogP contribution in [0, 0.1) is 5.92 Å². The van der Waals surface area contributed by atoms with Gasteiger partial charge >= 0.3 is 6.01 Å². The first-order valence-electron chi connectivity index (χ1n) is 7.20. The lowest BCUT2D eigenvalue weighted by atomic mass is 10.1. The fourth-order valence-electron chi connectivity index (χ4n) is 2.23. The van der Waals surface area contributed by atoms with Gasteiger partial charge in [-0.15, -0.1) is 0 Å². The molecule has 2 rings (SSSR count). The summed E-state index contributed by atoms with van der Waals surface area (Å²) < 4.78 is 5.48. The highest BCUT2D eigenvalue weighted by Gasteiger charge is 2.19. The Hall–Kier alpha value is -1.63. The number of hydrogen-bond acceptors (Lipinski definition) is 7. The maximum atomic E-state index is 5.48. The van der Waals surface area contributed by atoms with Crippen molar-refractivity contribution in [3.63, 3.8) is 0 Å². The van der Waals surface area contributed by atoms with Crippen LogP contribution < -0.4 is 15.4 Å². The van der Waals surface area contributed by atoms with Crippen LogP contribution in [0.4, 0.5) is 11.9 Å². The Bertz CT molecular complexity index is 427. The SMILES string of the molecule is CCCOc1nc(NC)nc(NCC2CCN(C)C2)n1. The van der Waals surface area contributed by atoms with Crippen LogP contribution in [0.25, 0.3) is 0 Å². The topological polar surface area (TPSA) is 75.2 Å². The van der Waals surface area contributed by atoms with Gasteiger partial charge in [-0.2, -0.15) is 15.0 Å². The summed E-state index contributed by atoms with van der Waals surface area (Å²) in [6, 6.07) is 0.372. The van der Waals surface area contributed by atoms with Crippen LogP contribution in [0.15, 0.2) is 0 Å². The number of rotatable bonds is 7. The second kappa shape index (κ2) is 7.23. The van der Waals surface area contributed by atoms with E-state index in [9.17, 15) is 0 Å². The summed E-state index contributed by atoms with van der Waals surface area (Å²) in [5.41, 5.74) is 0. The monoisotopic (exact) mass is 280 g/mol. The van der Waals surface area contributed by atoms with Gasteiger partial charge in [0.05, 0.1) is 6.61 Å². The van der Waals surface area contributed by atoms with Crippen molar-refractivity contribution in [2.75, 3.05) is 51.0 Å². The molecule has 0 saturated carbocycles. The van der Waals surface area contributed by atoms with Gasteiger partial charge in [0.2, 0.25) is 11.9 Å². The predicted octanol–water partition coefficient (Wildman–Crippen LogP) is 1.07. The zero-order valence-electron chi connectivity index (χ0n) is 12.5. The van der Waals surface area contributed by atoms with Crippen molar-refractivity contribution in [1.82, 2.24) is 19.9 Å². The molecule has 1 atom stereocenters. The number of aromatic nitrogens is 3. The van der Waals surface area contributed by atoms with Crippen molar-refractivity contribution in [2.45, 2.75) is 19.8 Å². The van der Waals surface area contributed by atoms with Gasteiger partial charge in [-0.05, 0) is 32.4 Å². The summed E-state index contributed by atoms with van der Waals surface area (Å²) in [6.07, 6.45) is 2.14. The molecule has 0 aliphatic carbocycles. The minimum absolute atomic E-state index is 0.372. The third kappa shape index (κ3) is 4.19. The lowest BCUT2D eigenvalue weighted by molar-refractivity contribution is 0.292. The van der Waals surface area contributed by atoms with Gasteiger partial charge in [0.15, 0.2) is 0 Å². The average Bonchev–Trinajstić information content (AvgIpc) is 2.88. The van der Waals surface area contributed by atoms with Crippen LogP contribution >= 0.6 is 0 Å². The zero-order chi connectivity index (χ0) is 14.4. The van der Waals surface area contributed by atoms with Crippen molar-refractivity contribution in [3.8, 4) is 6.01 Å². The van der Waals surface area contributed by atoms with E-state index in [2.05, 4.69) is 44.5 Å². The number of likely N-dealkylation sites (tertiary alicyclic amines) is 1. The van der Waals surface area contributed by atoms with E-state index < -0.39 is 0 Å². The molecule has 0 bridgehead atoms. The van der Waals surface area contributed by atoms with E-state index in [4.69, 9.17) is 4.74 Å². The summed E-state index contributed by atoms with van der Waals surface area (Å²) in [6.45, 7) is 5.83. The van der Waals surface area contributed by atoms with Gasteiger partial charge in [0.25, 0.3) is 0 Å².